The van der Waals surface area contributed by atoms with Crippen molar-refractivity contribution in [2.45, 2.75) is 25.9 Å². The zero-order chi connectivity index (χ0) is 8.27. The lowest BCUT2D eigenvalue weighted by Gasteiger charge is -2.37. The van der Waals surface area contributed by atoms with E-state index in [1.54, 1.807) is 0 Å². The number of nitrogens with two attached hydrogens (primary N) is 1. The maximum atomic E-state index is 5.68. The van der Waals surface area contributed by atoms with Crippen LogP contribution in [0.1, 0.15) is 13.8 Å². The van der Waals surface area contributed by atoms with Crippen LogP contribution in [-0.2, 0) is 0 Å². The number of thioether (sulfide) groups is 1. The van der Waals surface area contributed by atoms with Crippen LogP contribution in [0, 0.1) is 0 Å². The zero-order valence-corrected chi connectivity index (χ0v) is 8.23. The molecule has 0 aromatic rings. The van der Waals surface area contributed by atoms with Gasteiger partial charge >= 0.3 is 0 Å². The Bertz CT molecular complexity index is 117. The molecule has 1 fully saturated rings. The molecule has 1 atom stereocenters. The average molecular weight is 174 g/mol. The second kappa shape index (κ2) is 4.33. The summed E-state index contributed by atoms with van der Waals surface area (Å²) in [5, 5.41) is 0. The van der Waals surface area contributed by atoms with Crippen molar-refractivity contribution in [3.05, 3.63) is 0 Å². The zero-order valence-electron chi connectivity index (χ0n) is 7.42. The Morgan fingerprint density at radius 2 is 2.36 bits per heavy atom. The Labute approximate surface area is 73.5 Å². The molecule has 1 unspecified atom stereocenters. The first-order chi connectivity index (χ1) is 5.25. The number of hydrogen-bond donors (Lipinski definition) is 1. The van der Waals surface area contributed by atoms with Gasteiger partial charge in [0.05, 0.1) is 0 Å². The van der Waals surface area contributed by atoms with E-state index in [2.05, 4.69) is 18.7 Å². The molecule has 0 aromatic carbocycles. The van der Waals surface area contributed by atoms with Crippen molar-refractivity contribution in [3.8, 4) is 0 Å². The van der Waals surface area contributed by atoms with E-state index in [4.69, 9.17) is 5.73 Å². The summed E-state index contributed by atoms with van der Waals surface area (Å²) in [5.41, 5.74) is 5.68. The summed E-state index contributed by atoms with van der Waals surface area (Å²) in [6.45, 7) is 6.52. The molecule has 1 heterocycles. The summed E-state index contributed by atoms with van der Waals surface area (Å²) in [6, 6.07) is 1.28. The van der Waals surface area contributed by atoms with Crippen molar-refractivity contribution in [1.29, 1.82) is 0 Å². The Morgan fingerprint density at radius 1 is 1.64 bits per heavy atom. The third kappa shape index (κ3) is 2.36. The van der Waals surface area contributed by atoms with E-state index in [0.717, 1.165) is 6.54 Å². The van der Waals surface area contributed by atoms with E-state index in [1.165, 1.54) is 18.1 Å². The highest BCUT2D eigenvalue weighted by molar-refractivity contribution is 7.99. The molecule has 1 aliphatic rings. The van der Waals surface area contributed by atoms with Crippen molar-refractivity contribution < 1.29 is 0 Å². The predicted molar refractivity (Wildman–Crippen MR) is 52.0 cm³/mol. The topological polar surface area (TPSA) is 29.3 Å². The van der Waals surface area contributed by atoms with Gasteiger partial charge in [-0.1, -0.05) is 0 Å². The highest BCUT2D eigenvalue weighted by atomic mass is 32.2. The summed E-state index contributed by atoms with van der Waals surface area (Å²) in [7, 11) is 0. The second-order valence-corrected chi connectivity index (χ2v) is 4.45. The highest BCUT2D eigenvalue weighted by Crippen LogP contribution is 2.17. The maximum Gasteiger partial charge on any atom is 0.0312 e. The fourth-order valence-electron chi connectivity index (χ4n) is 1.55. The molecule has 0 aromatic heterocycles. The first-order valence-corrected chi connectivity index (χ1v) is 5.44. The largest absolute Gasteiger partial charge is 0.329 e. The molecular formula is C8H18N2S. The summed E-state index contributed by atoms with van der Waals surface area (Å²) in [4.78, 5) is 2.51. The standard InChI is InChI=1S/C8H18N2S/c1-7(2)10-3-4-11-6-8(10)5-9/h7-8H,3-6,9H2,1-2H3. The van der Waals surface area contributed by atoms with Crippen LogP contribution in [0.5, 0.6) is 0 Å². The van der Waals surface area contributed by atoms with Crippen LogP contribution in [0.15, 0.2) is 0 Å². The van der Waals surface area contributed by atoms with E-state index in [9.17, 15) is 0 Å². The smallest absolute Gasteiger partial charge is 0.0312 e. The molecule has 0 saturated carbocycles. The number of hydrogen-bond acceptors (Lipinski definition) is 3. The van der Waals surface area contributed by atoms with Crippen LogP contribution in [0.25, 0.3) is 0 Å². The maximum absolute atomic E-state index is 5.68. The van der Waals surface area contributed by atoms with Crippen LogP contribution in [0.4, 0.5) is 0 Å². The minimum absolute atomic E-state index is 0.619. The van der Waals surface area contributed by atoms with Crippen LogP contribution in [-0.4, -0.2) is 41.6 Å². The molecule has 11 heavy (non-hydrogen) atoms. The Kier molecular flexibility index (Phi) is 3.69. The van der Waals surface area contributed by atoms with Crippen LogP contribution in [0.3, 0.4) is 0 Å². The fourth-order valence-corrected chi connectivity index (χ4v) is 2.66. The molecule has 0 radical (unpaired) electrons. The average Bonchev–Trinajstić information content (AvgIpc) is 2.04. The van der Waals surface area contributed by atoms with Crippen LogP contribution in [0.2, 0.25) is 0 Å². The SMILES string of the molecule is CC(C)N1CCSCC1CN. The van der Waals surface area contributed by atoms with Crippen LogP contribution >= 0.6 is 11.8 Å². The van der Waals surface area contributed by atoms with Gasteiger partial charge in [0.15, 0.2) is 0 Å². The van der Waals surface area contributed by atoms with Gasteiger partial charge in [-0.3, -0.25) is 4.90 Å². The minimum Gasteiger partial charge on any atom is -0.329 e. The highest BCUT2D eigenvalue weighted by Gasteiger charge is 2.22. The molecule has 0 amide bonds. The van der Waals surface area contributed by atoms with Gasteiger partial charge in [0.1, 0.15) is 0 Å². The predicted octanol–water partition coefficient (Wildman–Crippen LogP) is 0.771. The summed E-state index contributed by atoms with van der Waals surface area (Å²) in [6.07, 6.45) is 0. The lowest BCUT2D eigenvalue weighted by atomic mass is 10.2. The molecule has 1 aliphatic heterocycles. The first-order valence-electron chi connectivity index (χ1n) is 4.29. The van der Waals surface area contributed by atoms with Crippen molar-refractivity contribution >= 4 is 11.8 Å². The van der Waals surface area contributed by atoms with Gasteiger partial charge in [-0.15, -0.1) is 0 Å². The Hall–Kier alpha value is 0.270. The minimum atomic E-state index is 0.619. The molecule has 0 spiro atoms. The van der Waals surface area contributed by atoms with Crippen molar-refractivity contribution in [1.82, 2.24) is 4.90 Å². The molecule has 1 rings (SSSR count). The van der Waals surface area contributed by atoms with Gasteiger partial charge in [0, 0.05) is 36.7 Å². The van der Waals surface area contributed by atoms with E-state index >= 15 is 0 Å². The summed E-state index contributed by atoms with van der Waals surface area (Å²) in [5.74, 6) is 2.49. The molecule has 1 saturated heterocycles. The Balaban J connectivity index is 2.44. The second-order valence-electron chi connectivity index (χ2n) is 3.30. The van der Waals surface area contributed by atoms with E-state index in [1.807, 2.05) is 11.8 Å². The van der Waals surface area contributed by atoms with Crippen LogP contribution < -0.4 is 5.73 Å². The lowest BCUT2D eigenvalue weighted by Crippen LogP contribution is -2.49. The van der Waals surface area contributed by atoms with Gasteiger partial charge in [0.25, 0.3) is 0 Å². The molecule has 0 aliphatic carbocycles. The summed E-state index contributed by atoms with van der Waals surface area (Å²) >= 11 is 2.03. The Morgan fingerprint density at radius 3 is 2.82 bits per heavy atom. The van der Waals surface area contributed by atoms with Crippen molar-refractivity contribution in [2.24, 2.45) is 5.73 Å². The first kappa shape index (κ1) is 9.36. The van der Waals surface area contributed by atoms with Crippen molar-refractivity contribution in [3.63, 3.8) is 0 Å². The monoisotopic (exact) mass is 174 g/mol. The summed E-state index contributed by atoms with van der Waals surface area (Å²) < 4.78 is 0. The van der Waals surface area contributed by atoms with Gasteiger partial charge in [-0.25, -0.2) is 0 Å². The van der Waals surface area contributed by atoms with Gasteiger partial charge < -0.3 is 5.73 Å². The normalized spacial score (nSPS) is 27.8. The molecular weight excluding hydrogens is 156 g/mol. The molecule has 66 valence electrons. The lowest BCUT2D eigenvalue weighted by molar-refractivity contribution is 0.177. The van der Waals surface area contributed by atoms with Gasteiger partial charge in [-0.2, -0.15) is 11.8 Å². The van der Waals surface area contributed by atoms with Gasteiger partial charge in [-0.05, 0) is 13.8 Å². The quantitative estimate of drug-likeness (QED) is 0.670. The molecule has 2 N–H and O–H groups in total. The third-order valence-corrected chi connectivity index (χ3v) is 3.30. The molecule has 3 heteroatoms. The fraction of sp³-hybridized carbons (Fsp3) is 1.00. The van der Waals surface area contributed by atoms with E-state index in [0.29, 0.717) is 12.1 Å². The van der Waals surface area contributed by atoms with Crippen molar-refractivity contribution in [2.75, 3.05) is 24.6 Å². The van der Waals surface area contributed by atoms with Gasteiger partial charge in [0.2, 0.25) is 0 Å². The molecule has 0 bridgehead atoms. The molecule has 2 nitrogen and oxygen atoms in total. The van der Waals surface area contributed by atoms with E-state index < -0.39 is 0 Å². The number of rotatable bonds is 2. The van der Waals surface area contributed by atoms with E-state index in [-0.39, 0.29) is 0 Å². The number of nitrogens with zero attached hydrogens (tertiary/aromatic N) is 1. The third-order valence-electron chi connectivity index (χ3n) is 2.21.